The van der Waals surface area contributed by atoms with E-state index in [2.05, 4.69) is 20.9 Å². The van der Waals surface area contributed by atoms with Crippen LogP contribution < -0.4 is 10.6 Å². The third-order valence-corrected chi connectivity index (χ3v) is 10.8. The van der Waals surface area contributed by atoms with E-state index in [0.29, 0.717) is 36.1 Å². The van der Waals surface area contributed by atoms with Gasteiger partial charge in [0.05, 0.1) is 0 Å². The molecule has 65 heavy (non-hydrogen) atoms. The Morgan fingerprint density at radius 3 is 1.68 bits per heavy atom. The molecule has 0 atom stereocenters. The van der Waals surface area contributed by atoms with Crippen molar-refractivity contribution in [2.75, 3.05) is 25.0 Å². The normalized spacial score (nSPS) is 13.1. The number of nitrogens with zero attached hydrogens (tertiary/aromatic N) is 3. The molecule has 1 aliphatic heterocycles. The van der Waals surface area contributed by atoms with Gasteiger partial charge in [-0.2, -0.15) is 13.2 Å². The Morgan fingerprint density at radius 2 is 1.18 bits per heavy atom. The van der Waals surface area contributed by atoms with Gasteiger partial charge in [-0.25, -0.2) is 4.79 Å². The average Bonchev–Trinajstić information content (AvgIpc) is 4.11. The number of carbonyl (C=O) groups excluding carboxylic acids is 4. The molecular formula is C51H54F3N5O6. The SMILES string of the molecule is CC(C)(C)OC(=O)NCCN(Cc1ccc(C2(C(F)(F)F)N=N2)cc1)C(=O)c1ccc(NC(=O)CCCCCCC(=O)COC(c2ccccc2)(c2ccccc2)c2ccccc2)cc1. The van der Waals surface area contributed by atoms with Crippen LogP contribution in [0.15, 0.2) is 150 Å². The van der Waals surface area contributed by atoms with Crippen molar-refractivity contribution in [2.24, 2.45) is 10.2 Å². The first-order valence-corrected chi connectivity index (χ1v) is 21.7. The second kappa shape index (κ2) is 21.3. The molecular weight excluding hydrogens is 836 g/mol. The van der Waals surface area contributed by atoms with Gasteiger partial charge in [0.15, 0.2) is 5.78 Å². The largest absolute Gasteiger partial charge is 0.444 e. The van der Waals surface area contributed by atoms with Gasteiger partial charge in [-0.15, -0.1) is 10.2 Å². The van der Waals surface area contributed by atoms with Gasteiger partial charge in [-0.3, -0.25) is 14.4 Å². The molecule has 1 aliphatic rings. The number of hydrogen-bond acceptors (Lipinski definition) is 8. The lowest BCUT2D eigenvalue weighted by Gasteiger charge is -2.35. The first-order chi connectivity index (χ1) is 31.1. The summed E-state index contributed by atoms with van der Waals surface area (Å²) in [7, 11) is 0. The van der Waals surface area contributed by atoms with Crippen molar-refractivity contribution in [2.45, 2.75) is 88.9 Å². The molecule has 1 heterocycles. The zero-order valence-corrected chi connectivity index (χ0v) is 36.8. The summed E-state index contributed by atoms with van der Waals surface area (Å²) in [6.07, 6.45) is -1.88. The molecule has 0 radical (unpaired) electrons. The number of carbonyl (C=O) groups is 4. The van der Waals surface area contributed by atoms with Crippen molar-refractivity contribution in [3.05, 3.63) is 173 Å². The molecule has 0 saturated heterocycles. The number of halogens is 3. The zero-order valence-electron chi connectivity index (χ0n) is 36.8. The van der Waals surface area contributed by atoms with Crippen LogP contribution in [0.5, 0.6) is 0 Å². The average molecular weight is 890 g/mol. The fourth-order valence-corrected chi connectivity index (χ4v) is 7.46. The van der Waals surface area contributed by atoms with Crippen LogP contribution in [0.25, 0.3) is 0 Å². The Morgan fingerprint density at radius 1 is 0.662 bits per heavy atom. The zero-order chi connectivity index (χ0) is 46.5. The van der Waals surface area contributed by atoms with Gasteiger partial charge in [0.25, 0.3) is 5.91 Å². The van der Waals surface area contributed by atoms with Crippen LogP contribution in [0.1, 0.15) is 97.5 Å². The highest BCUT2D eigenvalue weighted by Crippen LogP contribution is 2.52. The molecule has 0 saturated carbocycles. The molecule has 0 unspecified atom stereocenters. The topological polar surface area (TPSA) is 139 Å². The van der Waals surface area contributed by atoms with Gasteiger partial charge in [0.2, 0.25) is 5.91 Å². The quantitative estimate of drug-likeness (QED) is 0.0556. The van der Waals surface area contributed by atoms with Crippen molar-refractivity contribution < 1.29 is 41.8 Å². The lowest BCUT2D eigenvalue weighted by Crippen LogP contribution is -2.40. The molecule has 5 aromatic carbocycles. The summed E-state index contributed by atoms with van der Waals surface area (Å²) in [5, 5.41) is 12.0. The molecule has 0 spiro atoms. The summed E-state index contributed by atoms with van der Waals surface area (Å²) < 4.78 is 52.6. The highest BCUT2D eigenvalue weighted by atomic mass is 19.4. The van der Waals surface area contributed by atoms with Crippen molar-refractivity contribution in [3.8, 4) is 0 Å². The van der Waals surface area contributed by atoms with Gasteiger partial charge in [0, 0.05) is 49.3 Å². The molecule has 6 rings (SSSR count). The first-order valence-electron chi connectivity index (χ1n) is 21.7. The van der Waals surface area contributed by atoms with Gasteiger partial charge in [-0.1, -0.05) is 128 Å². The fourth-order valence-electron chi connectivity index (χ4n) is 7.46. The number of hydrogen-bond donors (Lipinski definition) is 2. The highest BCUT2D eigenvalue weighted by molar-refractivity contribution is 5.96. The van der Waals surface area contributed by atoms with E-state index in [1.54, 1.807) is 45.0 Å². The minimum Gasteiger partial charge on any atom is -0.444 e. The number of alkyl halides is 3. The highest BCUT2D eigenvalue weighted by Gasteiger charge is 2.65. The van der Waals surface area contributed by atoms with Gasteiger partial charge in [-0.05, 0) is 80.1 Å². The Hall–Kier alpha value is -6.67. The lowest BCUT2D eigenvalue weighted by atomic mass is 9.80. The lowest BCUT2D eigenvalue weighted by molar-refractivity contribution is -0.166. The standard InChI is InChI=1S/C51H54F3N5O6/c1-48(2,3)65-47(63)55-33-34-59(35-37-25-29-42(30-26-37)50(57-58-50)51(52,53)54)46(62)38-27-31-43(32-28-38)56-45(61)24-16-5-4-15-23-44(60)36-64-49(39-17-9-6-10-18-39,40-19-11-7-12-20-40)41-21-13-8-14-22-41/h6-14,17-22,25-32H,4-5,15-16,23-24,33-36H2,1-3H3,(H,55,63)(H,56,61). The van der Waals surface area contributed by atoms with Crippen molar-refractivity contribution >= 4 is 29.4 Å². The van der Waals surface area contributed by atoms with E-state index < -0.39 is 35.0 Å². The van der Waals surface area contributed by atoms with Gasteiger partial charge < -0.3 is 25.0 Å². The molecule has 0 bridgehead atoms. The summed E-state index contributed by atoms with van der Waals surface area (Å²) in [4.78, 5) is 53.6. The number of amides is 3. The van der Waals surface area contributed by atoms with Crippen molar-refractivity contribution in [1.29, 1.82) is 0 Å². The molecule has 5 aromatic rings. The monoisotopic (exact) mass is 889 g/mol. The maximum Gasteiger partial charge on any atom is 0.442 e. The van der Waals surface area contributed by atoms with E-state index in [9.17, 15) is 32.3 Å². The van der Waals surface area contributed by atoms with Crippen LogP contribution in [0.3, 0.4) is 0 Å². The molecule has 14 heteroatoms. The molecule has 0 fully saturated rings. The number of rotatable bonds is 21. The number of alkyl carbamates (subject to hydrolysis) is 1. The van der Waals surface area contributed by atoms with E-state index in [4.69, 9.17) is 9.47 Å². The van der Waals surface area contributed by atoms with E-state index in [-0.39, 0.29) is 49.9 Å². The van der Waals surface area contributed by atoms with Crippen LogP contribution in [0.4, 0.5) is 23.7 Å². The van der Waals surface area contributed by atoms with Crippen LogP contribution >= 0.6 is 0 Å². The fraction of sp³-hybridized carbons (Fsp3) is 0.333. The second-order valence-corrected chi connectivity index (χ2v) is 16.9. The maximum absolute atomic E-state index is 13.8. The first kappa shape index (κ1) is 47.8. The predicted octanol–water partition coefficient (Wildman–Crippen LogP) is 10.9. The molecule has 2 N–H and O–H groups in total. The van der Waals surface area contributed by atoms with Crippen LogP contribution in [-0.2, 0) is 36.9 Å². The van der Waals surface area contributed by atoms with Crippen molar-refractivity contribution in [1.82, 2.24) is 10.2 Å². The smallest absolute Gasteiger partial charge is 0.442 e. The second-order valence-electron chi connectivity index (χ2n) is 16.9. The Balaban J connectivity index is 0.969. The molecule has 3 amide bonds. The summed E-state index contributed by atoms with van der Waals surface area (Å²) >= 11 is 0. The summed E-state index contributed by atoms with van der Waals surface area (Å²) in [5.41, 5.74) is -0.256. The van der Waals surface area contributed by atoms with E-state index in [1.165, 1.54) is 29.2 Å². The number of anilines is 1. The van der Waals surface area contributed by atoms with Gasteiger partial charge in [0.1, 0.15) is 17.8 Å². The Bertz CT molecular complexity index is 2290. The minimum absolute atomic E-state index is 0.00407. The number of nitrogens with one attached hydrogen (secondary N) is 2. The third-order valence-electron chi connectivity index (χ3n) is 10.8. The summed E-state index contributed by atoms with van der Waals surface area (Å²) in [6.45, 7) is 5.25. The van der Waals surface area contributed by atoms with E-state index in [1.807, 2.05) is 91.0 Å². The van der Waals surface area contributed by atoms with Gasteiger partial charge >= 0.3 is 17.9 Å². The van der Waals surface area contributed by atoms with Crippen LogP contribution in [0.2, 0.25) is 0 Å². The van der Waals surface area contributed by atoms with Crippen LogP contribution in [0, 0.1) is 0 Å². The predicted molar refractivity (Wildman–Crippen MR) is 241 cm³/mol. The van der Waals surface area contributed by atoms with E-state index >= 15 is 0 Å². The Labute approximate surface area is 377 Å². The van der Waals surface area contributed by atoms with E-state index in [0.717, 1.165) is 29.5 Å². The number of unbranched alkanes of at least 4 members (excludes halogenated alkanes) is 3. The number of ether oxygens (including phenoxy) is 2. The molecule has 340 valence electrons. The number of Topliss-reactive ketones (excluding diaryl/α,β-unsaturated/α-hetero) is 1. The summed E-state index contributed by atoms with van der Waals surface area (Å²) in [6, 6.07) is 41.7. The van der Waals surface area contributed by atoms with Crippen molar-refractivity contribution in [3.63, 3.8) is 0 Å². The van der Waals surface area contributed by atoms with Crippen LogP contribution in [-0.4, -0.2) is 60.1 Å². The number of benzene rings is 5. The summed E-state index contributed by atoms with van der Waals surface area (Å²) in [5.74, 6) is -0.592. The number of ketones is 1. The Kier molecular flexibility index (Phi) is 15.7. The maximum atomic E-state index is 13.8. The minimum atomic E-state index is -4.67. The molecule has 0 aliphatic carbocycles. The third kappa shape index (κ3) is 12.7. The molecule has 11 nitrogen and oxygen atoms in total. The molecule has 0 aromatic heterocycles.